The summed E-state index contributed by atoms with van der Waals surface area (Å²) in [7, 11) is 0. The molecule has 0 spiro atoms. The second-order valence-corrected chi connectivity index (χ2v) is 2.83. The van der Waals surface area contributed by atoms with E-state index in [1.165, 1.54) is 0 Å². The number of hydrogen-bond acceptors (Lipinski definition) is 4. The SMILES string of the molecule is C1=NCOc2cc3c(cc21)OCO3. The maximum atomic E-state index is 5.32. The van der Waals surface area contributed by atoms with Gasteiger partial charge >= 0.3 is 0 Å². The quantitative estimate of drug-likeness (QED) is 0.597. The molecule has 2 heterocycles. The van der Waals surface area contributed by atoms with Gasteiger partial charge in [0.25, 0.3) is 0 Å². The van der Waals surface area contributed by atoms with Crippen molar-refractivity contribution < 1.29 is 14.2 Å². The predicted octanol–water partition coefficient (Wildman–Crippen LogP) is 1.18. The minimum atomic E-state index is 0.287. The minimum absolute atomic E-state index is 0.287. The van der Waals surface area contributed by atoms with Crippen LogP contribution < -0.4 is 14.2 Å². The molecule has 1 aromatic rings. The summed E-state index contributed by atoms with van der Waals surface area (Å²) in [5, 5.41) is 0. The summed E-state index contributed by atoms with van der Waals surface area (Å²) < 4.78 is 15.8. The lowest BCUT2D eigenvalue weighted by molar-refractivity contribution is 0.174. The van der Waals surface area contributed by atoms with E-state index in [-0.39, 0.29) is 6.79 Å². The van der Waals surface area contributed by atoms with Crippen LogP contribution >= 0.6 is 0 Å². The fraction of sp³-hybridized carbons (Fsp3) is 0.222. The largest absolute Gasteiger partial charge is 0.471 e. The molecular weight excluding hydrogens is 170 g/mol. The standard InChI is InChI=1S/C9H7NO3/c1-6-3-10-4-11-7(6)2-9-8(1)12-5-13-9/h1-3H,4-5H2. The molecule has 0 radical (unpaired) electrons. The summed E-state index contributed by atoms with van der Waals surface area (Å²) in [6, 6.07) is 3.71. The van der Waals surface area contributed by atoms with E-state index in [9.17, 15) is 0 Å². The summed E-state index contributed by atoms with van der Waals surface area (Å²) in [5.74, 6) is 2.31. The second kappa shape index (κ2) is 2.39. The highest BCUT2D eigenvalue weighted by molar-refractivity contribution is 5.86. The van der Waals surface area contributed by atoms with Gasteiger partial charge in [0.05, 0.1) is 0 Å². The number of fused-ring (bicyclic) bond motifs is 2. The smallest absolute Gasteiger partial charge is 0.231 e. The van der Waals surface area contributed by atoms with Gasteiger partial charge in [-0.3, -0.25) is 4.99 Å². The molecule has 0 bridgehead atoms. The zero-order chi connectivity index (χ0) is 8.67. The molecule has 0 saturated carbocycles. The molecule has 13 heavy (non-hydrogen) atoms. The normalized spacial score (nSPS) is 16.6. The Morgan fingerprint density at radius 3 is 2.77 bits per heavy atom. The van der Waals surface area contributed by atoms with Crippen molar-refractivity contribution in [2.45, 2.75) is 0 Å². The first kappa shape index (κ1) is 6.77. The molecule has 0 N–H and O–H groups in total. The molecule has 66 valence electrons. The highest BCUT2D eigenvalue weighted by Crippen LogP contribution is 2.38. The van der Waals surface area contributed by atoms with Gasteiger partial charge in [0.2, 0.25) is 6.79 Å². The first-order valence-electron chi connectivity index (χ1n) is 4.00. The monoisotopic (exact) mass is 177 g/mol. The molecule has 3 rings (SSSR count). The zero-order valence-corrected chi connectivity index (χ0v) is 6.82. The Hall–Kier alpha value is -1.71. The molecule has 4 nitrogen and oxygen atoms in total. The van der Waals surface area contributed by atoms with Crippen molar-refractivity contribution in [2.75, 3.05) is 13.5 Å². The van der Waals surface area contributed by atoms with Crippen LogP contribution in [0.15, 0.2) is 17.1 Å². The maximum Gasteiger partial charge on any atom is 0.231 e. The van der Waals surface area contributed by atoms with E-state index in [1.54, 1.807) is 6.21 Å². The van der Waals surface area contributed by atoms with Crippen LogP contribution in [-0.2, 0) is 0 Å². The number of ether oxygens (including phenoxy) is 3. The molecule has 0 fully saturated rings. The van der Waals surface area contributed by atoms with Gasteiger partial charge in [0.15, 0.2) is 18.2 Å². The topological polar surface area (TPSA) is 40.0 Å². The van der Waals surface area contributed by atoms with Gasteiger partial charge in [-0.2, -0.15) is 0 Å². The Bertz CT molecular complexity index is 387. The Labute approximate surface area is 74.8 Å². The first-order valence-corrected chi connectivity index (χ1v) is 4.00. The van der Waals surface area contributed by atoms with Crippen molar-refractivity contribution in [1.29, 1.82) is 0 Å². The summed E-state index contributed by atoms with van der Waals surface area (Å²) in [5.41, 5.74) is 0.940. The fourth-order valence-corrected chi connectivity index (χ4v) is 1.41. The highest BCUT2D eigenvalue weighted by atomic mass is 16.7. The summed E-state index contributed by atoms with van der Waals surface area (Å²) in [6.45, 7) is 0.669. The van der Waals surface area contributed by atoms with Gasteiger partial charge in [-0.25, -0.2) is 0 Å². The van der Waals surface area contributed by atoms with Gasteiger partial charge in [0, 0.05) is 17.8 Å². The molecule has 2 aliphatic heterocycles. The van der Waals surface area contributed by atoms with Crippen molar-refractivity contribution >= 4 is 6.21 Å². The Morgan fingerprint density at radius 2 is 1.85 bits per heavy atom. The zero-order valence-electron chi connectivity index (χ0n) is 6.82. The van der Waals surface area contributed by atoms with Crippen molar-refractivity contribution in [1.82, 2.24) is 0 Å². The summed E-state index contributed by atoms with van der Waals surface area (Å²) >= 11 is 0. The minimum Gasteiger partial charge on any atom is -0.471 e. The van der Waals surface area contributed by atoms with E-state index in [2.05, 4.69) is 4.99 Å². The van der Waals surface area contributed by atoms with E-state index >= 15 is 0 Å². The Balaban J connectivity index is 2.18. The highest BCUT2D eigenvalue weighted by Gasteiger charge is 2.18. The number of nitrogens with zero attached hydrogens (tertiary/aromatic N) is 1. The van der Waals surface area contributed by atoms with Crippen LogP contribution in [0, 0.1) is 0 Å². The van der Waals surface area contributed by atoms with E-state index in [1.807, 2.05) is 12.1 Å². The first-order chi connectivity index (χ1) is 6.43. The molecule has 4 heteroatoms. The maximum absolute atomic E-state index is 5.32. The third kappa shape index (κ3) is 0.950. The molecule has 2 aliphatic rings. The van der Waals surface area contributed by atoms with E-state index in [0.717, 1.165) is 22.8 Å². The molecule has 1 aromatic carbocycles. The van der Waals surface area contributed by atoms with Crippen LogP contribution in [0.25, 0.3) is 0 Å². The molecule has 0 atom stereocenters. The van der Waals surface area contributed by atoms with Gasteiger partial charge in [0.1, 0.15) is 5.75 Å². The van der Waals surface area contributed by atoms with Crippen LogP contribution in [0.1, 0.15) is 5.56 Å². The van der Waals surface area contributed by atoms with Crippen LogP contribution in [0.3, 0.4) is 0 Å². The van der Waals surface area contributed by atoms with Crippen LogP contribution in [0.4, 0.5) is 0 Å². The van der Waals surface area contributed by atoms with Crippen molar-refractivity contribution in [3.05, 3.63) is 17.7 Å². The molecule has 0 aliphatic carbocycles. The summed E-state index contributed by atoms with van der Waals surface area (Å²) in [6.07, 6.45) is 1.78. The third-order valence-electron chi connectivity index (χ3n) is 2.03. The molecular formula is C9H7NO3. The van der Waals surface area contributed by atoms with E-state index in [4.69, 9.17) is 14.2 Å². The number of aliphatic imine (C=N–C) groups is 1. The Morgan fingerprint density at radius 1 is 1.00 bits per heavy atom. The van der Waals surface area contributed by atoms with Gasteiger partial charge in [-0.05, 0) is 6.07 Å². The van der Waals surface area contributed by atoms with Gasteiger partial charge < -0.3 is 14.2 Å². The fourth-order valence-electron chi connectivity index (χ4n) is 1.41. The van der Waals surface area contributed by atoms with Crippen LogP contribution in [0.2, 0.25) is 0 Å². The van der Waals surface area contributed by atoms with Crippen molar-refractivity contribution in [3.8, 4) is 17.2 Å². The second-order valence-electron chi connectivity index (χ2n) is 2.83. The number of hydrogen-bond donors (Lipinski definition) is 0. The van der Waals surface area contributed by atoms with Crippen molar-refractivity contribution in [2.24, 2.45) is 4.99 Å². The van der Waals surface area contributed by atoms with Crippen LogP contribution in [-0.4, -0.2) is 19.7 Å². The lowest BCUT2D eigenvalue weighted by Gasteiger charge is -2.11. The number of benzene rings is 1. The number of rotatable bonds is 0. The molecule has 0 aromatic heterocycles. The lowest BCUT2D eigenvalue weighted by atomic mass is 10.2. The summed E-state index contributed by atoms with van der Waals surface area (Å²) in [4.78, 5) is 4.00. The van der Waals surface area contributed by atoms with Gasteiger partial charge in [-0.15, -0.1) is 0 Å². The Kier molecular flexibility index (Phi) is 1.24. The molecule has 0 amide bonds. The van der Waals surface area contributed by atoms with E-state index in [0.29, 0.717) is 6.73 Å². The van der Waals surface area contributed by atoms with E-state index < -0.39 is 0 Å². The predicted molar refractivity (Wildman–Crippen MR) is 45.7 cm³/mol. The van der Waals surface area contributed by atoms with Crippen LogP contribution in [0.5, 0.6) is 17.2 Å². The molecule has 0 saturated heterocycles. The molecule has 0 unspecified atom stereocenters. The van der Waals surface area contributed by atoms with Gasteiger partial charge in [-0.1, -0.05) is 0 Å². The average molecular weight is 177 g/mol. The third-order valence-corrected chi connectivity index (χ3v) is 2.03. The average Bonchev–Trinajstić information content (AvgIpc) is 2.61. The van der Waals surface area contributed by atoms with Crippen molar-refractivity contribution in [3.63, 3.8) is 0 Å². The lowest BCUT2D eigenvalue weighted by Crippen LogP contribution is -2.03.